The van der Waals surface area contributed by atoms with Crippen LogP contribution in [0.15, 0.2) is 71.8 Å². The quantitative estimate of drug-likeness (QED) is 0.188. The van der Waals surface area contributed by atoms with Crippen molar-refractivity contribution in [1.29, 1.82) is 0 Å². The Morgan fingerprint density at radius 1 is 0.955 bits per heavy atom. The highest BCUT2D eigenvalue weighted by Gasteiger charge is 2.28. The van der Waals surface area contributed by atoms with E-state index in [0.29, 0.717) is 6.42 Å². The molecule has 1 aliphatic heterocycles. The van der Waals surface area contributed by atoms with Gasteiger partial charge in [0.15, 0.2) is 0 Å². The number of pyridine rings is 2. The molecule has 0 radical (unpaired) electrons. The Kier molecular flexibility index (Phi) is 11.0. The van der Waals surface area contributed by atoms with Crippen molar-refractivity contribution in [3.05, 3.63) is 77.2 Å². The molecular weight excluding hydrogens is 585 g/mol. The van der Waals surface area contributed by atoms with Crippen LogP contribution >= 0.6 is 23.3 Å². The SMILES string of the molecule is CCC[C@@](C)(CCC(=O)O)CN1CCCCCCc2ccccc2-c2nc(ccc2-c2ccc(C)s2)NSc2cccc1n2. The van der Waals surface area contributed by atoms with Crippen LogP contribution in [0.4, 0.5) is 11.6 Å². The summed E-state index contributed by atoms with van der Waals surface area (Å²) in [4.78, 5) is 26.7. The average Bonchev–Trinajstić information content (AvgIpc) is 3.46. The van der Waals surface area contributed by atoms with Crippen molar-refractivity contribution in [3.63, 3.8) is 0 Å². The molecule has 1 aromatic carbocycles. The molecule has 4 heterocycles. The minimum absolute atomic E-state index is 0.0954. The number of carboxylic acids is 1. The molecule has 44 heavy (non-hydrogen) atoms. The molecule has 0 spiro atoms. The van der Waals surface area contributed by atoms with Gasteiger partial charge >= 0.3 is 5.97 Å². The van der Waals surface area contributed by atoms with Crippen molar-refractivity contribution in [2.24, 2.45) is 5.41 Å². The Morgan fingerprint density at radius 3 is 2.59 bits per heavy atom. The second-order valence-electron chi connectivity index (χ2n) is 12.2. The van der Waals surface area contributed by atoms with Crippen molar-refractivity contribution in [2.75, 3.05) is 22.7 Å². The fourth-order valence-corrected chi connectivity index (χ4v) is 7.71. The van der Waals surface area contributed by atoms with Crippen LogP contribution in [0, 0.1) is 12.3 Å². The Labute approximate surface area is 270 Å². The lowest BCUT2D eigenvalue weighted by Crippen LogP contribution is -2.37. The van der Waals surface area contributed by atoms with Crippen LogP contribution in [0.3, 0.4) is 0 Å². The van der Waals surface area contributed by atoms with Crippen molar-refractivity contribution in [2.45, 2.75) is 83.6 Å². The van der Waals surface area contributed by atoms with E-state index in [1.807, 2.05) is 6.07 Å². The van der Waals surface area contributed by atoms with E-state index in [-0.39, 0.29) is 11.8 Å². The molecular formula is C36H44N4O2S2. The number of aryl methyl sites for hydroxylation is 2. The third-order valence-electron chi connectivity index (χ3n) is 8.46. The maximum Gasteiger partial charge on any atom is 0.303 e. The van der Waals surface area contributed by atoms with Gasteiger partial charge in [0, 0.05) is 52.3 Å². The first kappa shape index (κ1) is 32.0. The molecule has 4 aromatic rings. The predicted molar refractivity (Wildman–Crippen MR) is 186 cm³/mol. The fourth-order valence-electron chi connectivity index (χ4n) is 6.21. The number of nitrogens with one attached hydrogen (secondary N) is 1. The molecule has 3 aromatic heterocycles. The summed E-state index contributed by atoms with van der Waals surface area (Å²) < 4.78 is 3.48. The summed E-state index contributed by atoms with van der Waals surface area (Å²) in [6.07, 6.45) is 8.38. The number of carboxylic acid groups (broad SMARTS) is 1. The molecule has 2 N–H and O–H groups in total. The molecule has 0 aliphatic carbocycles. The lowest BCUT2D eigenvalue weighted by Gasteiger charge is -2.36. The van der Waals surface area contributed by atoms with E-state index in [2.05, 4.69) is 91.1 Å². The third-order valence-corrected chi connectivity index (χ3v) is 10.2. The predicted octanol–water partition coefficient (Wildman–Crippen LogP) is 9.89. The number of rotatable bonds is 8. The molecule has 0 saturated carbocycles. The van der Waals surface area contributed by atoms with Gasteiger partial charge in [0.2, 0.25) is 0 Å². The van der Waals surface area contributed by atoms with Gasteiger partial charge in [-0.05, 0) is 86.4 Å². The number of fused-ring (bicyclic) bond motifs is 6. The summed E-state index contributed by atoms with van der Waals surface area (Å²) in [5.74, 6) is 1.02. The van der Waals surface area contributed by atoms with E-state index in [4.69, 9.17) is 9.97 Å². The lowest BCUT2D eigenvalue weighted by molar-refractivity contribution is -0.137. The minimum Gasteiger partial charge on any atom is -0.481 e. The monoisotopic (exact) mass is 628 g/mol. The summed E-state index contributed by atoms with van der Waals surface area (Å²) in [7, 11) is 0. The van der Waals surface area contributed by atoms with Crippen molar-refractivity contribution >= 4 is 40.9 Å². The Bertz CT molecular complexity index is 1550. The summed E-state index contributed by atoms with van der Waals surface area (Å²) in [6.45, 7) is 8.28. The van der Waals surface area contributed by atoms with Crippen LogP contribution in [0.1, 0.15) is 75.7 Å². The van der Waals surface area contributed by atoms with E-state index < -0.39 is 5.97 Å². The number of hydrogen-bond acceptors (Lipinski definition) is 7. The molecule has 0 unspecified atom stereocenters. The zero-order valence-corrected chi connectivity index (χ0v) is 27.8. The smallest absolute Gasteiger partial charge is 0.303 e. The molecule has 1 atom stereocenters. The first-order valence-electron chi connectivity index (χ1n) is 15.9. The maximum absolute atomic E-state index is 11.5. The van der Waals surface area contributed by atoms with Crippen molar-refractivity contribution < 1.29 is 9.90 Å². The number of carbonyl (C=O) groups is 1. The topological polar surface area (TPSA) is 78.3 Å². The van der Waals surface area contributed by atoms with Gasteiger partial charge in [-0.3, -0.25) is 4.79 Å². The molecule has 6 nitrogen and oxygen atoms in total. The number of aromatic nitrogens is 2. The van der Waals surface area contributed by atoms with Gasteiger partial charge in [0.25, 0.3) is 0 Å². The largest absolute Gasteiger partial charge is 0.481 e. The van der Waals surface area contributed by atoms with Crippen LogP contribution < -0.4 is 9.62 Å². The number of nitrogens with zero attached hydrogens (tertiary/aromatic N) is 3. The number of anilines is 2. The van der Waals surface area contributed by atoms with E-state index >= 15 is 0 Å². The highest BCUT2D eigenvalue weighted by Crippen LogP contribution is 2.38. The zero-order valence-electron chi connectivity index (χ0n) is 26.1. The second-order valence-corrected chi connectivity index (χ2v) is 14.4. The van der Waals surface area contributed by atoms with E-state index in [1.54, 1.807) is 11.3 Å². The first-order valence-corrected chi connectivity index (χ1v) is 17.5. The van der Waals surface area contributed by atoms with Gasteiger partial charge in [-0.1, -0.05) is 63.4 Å². The van der Waals surface area contributed by atoms with Gasteiger partial charge in [-0.15, -0.1) is 11.3 Å². The van der Waals surface area contributed by atoms with Gasteiger partial charge in [0.05, 0.1) is 5.69 Å². The summed E-state index contributed by atoms with van der Waals surface area (Å²) in [5.41, 5.74) is 4.63. The highest BCUT2D eigenvalue weighted by molar-refractivity contribution is 8.00. The van der Waals surface area contributed by atoms with Crippen LogP contribution in [-0.4, -0.2) is 34.1 Å². The van der Waals surface area contributed by atoms with Gasteiger partial charge in [0.1, 0.15) is 16.7 Å². The van der Waals surface area contributed by atoms with E-state index in [0.717, 1.165) is 86.0 Å². The molecule has 1 aliphatic rings. The second kappa shape index (κ2) is 15.1. The number of benzene rings is 1. The van der Waals surface area contributed by atoms with E-state index in [9.17, 15) is 9.90 Å². The van der Waals surface area contributed by atoms with Crippen molar-refractivity contribution in [3.8, 4) is 21.7 Å². The third kappa shape index (κ3) is 8.42. The molecule has 232 valence electrons. The Morgan fingerprint density at radius 2 is 1.80 bits per heavy atom. The van der Waals surface area contributed by atoms with Crippen LogP contribution in [-0.2, 0) is 11.2 Å². The molecule has 4 bridgehead atoms. The van der Waals surface area contributed by atoms with Crippen LogP contribution in [0.2, 0.25) is 0 Å². The Hall–Kier alpha value is -3.36. The average molecular weight is 629 g/mol. The standard InChI is InChI=1S/C36H44N4O2S2/c1-4-22-36(3,23-21-34(41)42)25-40-24-10-6-5-7-12-27-13-8-9-14-28(27)35-29(30-19-17-26(2)43-30)18-20-31(37-35)39-44-33-16-11-15-32(40)38-33/h8-9,11,13-20H,4-7,10,12,21-25H2,1-3H3,(H,37,39)(H,41,42)/t36-/m0/s1. The number of thiophene rings is 1. The van der Waals surface area contributed by atoms with Crippen molar-refractivity contribution in [1.82, 2.24) is 9.97 Å². The molecule has 8 heteroatoms. The Balaban J connectivity index is 1.47. The molecule has 0 saturated heterocycles. The minimum atomic E-state index is -0.726. The molecule has 0 fully saturated rings. The van der Waals surface area contributed by atoms with Crippen LogP contribution in [0.5, 0.6) is 0 Å². The van der Waals surface area contributed by atoms with E-state index in [1.165, 1.54) is 32.8 Å². The normalized spacial score (nSPS) is 15.5. The molecule has 0 amide bonds. The van der Waals surface area contributed by atoms with Gasteiger partial charge in [-0.25, -0.2) is 9.97 Å². The zero-order chi connectivity index (χ0) is 30.9. The highest BCUT2D eigenvalue weighted by atomic mass is 32.2. The fraction of sp³-hybridized carbons (Fsp3) is 0.417. The van der Waals surface area contributed by atoms with Gasteiger partial charge in [-0.2, -0.15) is 0 Å². The number of hydrogen-bond donors (Lipinski definition) is 2. The number of aliphatic carboxylic acids is 1. The maximum atomic E-state index is 11.5. The lowest BCUT2D eigenvalue weighted by atomic mass is 9.80. The summed E-state index contributed by atoms with van der Waals surface area (Å²) >= 11 is 3.28. The molecule has 5 rings (SSSR count). The first-order chi connectivity index (χ1) is 21.3. The van der Waals surface area contributed by atoms with Crippen LogP contribution in [0.25, 0.3) is 21.7 Å². The van der Waals surface area contributed by atoms with Gasteiger partial charge < -0.3 is 14.7 Å². The summed E-state index contributed by atoms with van der Waals surface area (Å²) in [6, 6.07) is 23.6. The summed E-state index contributed by atoms with van der Waals surface area (Å²) in [5, 5.41) is 10.3.